The molecule has 202 valence electrons. The monoisotopic (exact) mass is 505 g/mol. The lowest BCUT2D eigenvalue weighted by atomic mass is 9.44. The number of nitrogens with zero attached hydrogens (tertiary/aromatic N) is 3. The van der Waals surface area contributed by atoms with Crippen molar-refractivity contribution in [3.63, 3.8) is 0 Å². The molecule has 6 rings (SSSR count). The van der Waals surface area contributed by atoms with Crippen LogP contribution in [0.3, 0.4) is 0 Å². The molecular formula is C32H47N3O2. The molecule has 4 saturated carbocycles. The lowest BCUT2D eigenvalue weighted by molar-refractivity contribution is -0.138. The fraction of sp³-hybridized carbons (Fsp3) is 0.781. The molecule has 1 aromatic carbocycles. The summed E-state index contributed by atoms with van der Waals surface area (Å²) in [6.45, 7) is 12.7. The van der Waals surface area contributed by atoms with Crippen molar-refractivity contribution in [2.75, 3.05) is 7.11 Å². The number of rotatable bonds is 5. The molecule has 4 aliphatic carbocycles. The van der Waals surface area contributed by atoms with Crippen molar-refractivity contribution in [1.29, 1.82) is 0 Å². The average molecular weight is 506 g/mol. The smallest absolute Gasteiger partial charge is 0.158 e. The first kappa shape index (κ1) is 25.4. The SMILES string of the molecule is COc1ccc2c(c1)nnn2CC(=O)C1C(C(C)C)CC2[C@@H]3CCC4C[C@@H](C)CC[C@]4(C)C3CC[C@]12C. The number of benzene rings is 1. The predicted octanol–water partition coefficient (Wildman–Crippen LogP) is 7.19. The third kappa shape index (κ3) is 3.88. The van der Waals surface area contributed by atoms with E-state index in [1.165, 1.54) is 51.4 Å². The molecule has 0 spiro atoms. The van der Waals surface area contributed by atoms with Gasteiger partial charge in [-0.05, 0) is 109 Å². The van der Waals surface area contributed by atoms with E-state index in [4.69, 9.17) is 4.74 Å². The van der Waals surface area contributed by atoms with E-state index >= 15 is 0 Å². The number of carbonyl (C=O) groups excluding carboxylic acids is 1. The highest BCUT2D eigenvalue weighted by molar-refractivity contribution is 5.84. The summed E-state index contributed by atoms with van der Waals surface area (Å²) in [5, 5.41) is 8.74. The zero-order chi connectivity index (χ0) is 26.1. The molecule has 1 heterocycles. The standard InChI is InChI=1S/C32H47N3O2/c1-19(2)24-17-26-23-9-7-21-15-20(3)11-13-31(21,4)25(23)12-14-32(26,5)30(24)29(36)18-35-28-10-8-22(37-6)16-27(28)33-34-35/h8,10,16,19-21,23-26,30H,7,9,11-15,17-18H2,1-6H3/t20-,21?,23+,24?,25?,26?,30?,31-,32-/m0/s1. The molecule has 0 radical (unpaired) electrons. The zero-order valence-electron chi connectivity index (χ0n) is 23.9. The highest BCUT2D eigenvalue weighted by Crippen LogP contribution is 2.69. The lowest BCUT2D eigenvalue weighted by Crippen LogP contribution is -2.54. The van der Waals surface area contributed by atoms with Gasteiger partial charge in [0.05, 0.1) is 12.6 Å². The van der Waals surface area contributed by atoms with E-state index in [2.05, 4.69) is 44.9 Å². The van der Waals surface area contributed by atoms with Crippen LogP contribution in [0, 0.1) is 58.2 Å². The lowest BCUT2D eigenvalue weighted by Gasteiger charge is -2.61. The maximum atomic E-state index is 14.2. The zero-order valence-corrected chi connectivity index (χ0v) is 23.9. The molecule has 5 nitrogen and oxygen atoms in total. The minimum absolute atomic E-state index is 0.109. The van der Waals surface area contributed by atoms with Crippen LogP contribution < -0.4 is 4.74 Å². The third-order valence-corrected chi connectivity index (χ3v) is 12.3. The largest absolute Gasteiger partial charge is 0.497 e. The summed E-state index contributed by atoms with van der Waals surface area (Å²) in [6, 6.07) is 5.81. The van der Waals surface area contributed by atoms with Gasteiger partial charge < -0.3 is 4.74 Å². The van der Waals surface area contributed by atoms with E-state index in [1.807, 2.05) is 22.9 Å². The molecule has 5 heteroatoms. The normalized spacial score (nSPS) is 41.3. The number of ether oxygens (including phenoxy) is 1. The van der Waals surface area contributed by atoms with Crippen LogP contribution in [0.25, 0.3) is 11.0 Å². The summed E-state index contributed by atoms with van der Waals surface area (Å²) in [5.41, 5.74) is 2.33. The molecule has 0 bridgehead atoms. The molecule has 4 aliphatic rings. The van der Waals surface area contributed by atoms with Gasteiger partial charge in [0, 0.05) is 12.0 Å². The first-order valence-corrected chi connectivity index (χ1v) is 15.1. The molecule has 0 aliphatic heterocycles. The Bertz CT molecular complexity index is 1170. The van der Waals surface area contributed by atoms with Gasteiger partial charge in [-0.25, -0.2) is 4.68 Å². The number of methoxy groups -OCH3 is 1. The van der Waals surface area contributed by atoms with Gasteiger partial charge >= 0.3 is 0 Å². The second-order valence-electron chi connectivity index (χ2n) is 14.3. The fourth-order valence-corrected chi connectivity index (χ4v) is 10.3. The molecular weight excluding hydrogens is 458 g/mol. The molecule has 2 aromatic rings. The van der Waals surface area contributed by atoms with Crippen LogP contribution in [0.4, 0.5) is 0 Å². The van der Waals surface area contributed by atoms with Crippen molar-refractivity contribution in [3.8, 4) is 5.75 Å². The van der Waals surface area contributed by atoms with E-state index < -0.39 is 0 Å². The van der Waals surface area contributed by atoms with Crippen LogP contribution in [0.1, 0.15) is 86.0 Å². The number of hydrogen-bond acceptors (Lipinski definition) is 4. The van der Waals surface area contributed by atoms with Crippen LogP contribution in [-0.4, -0.2) is 27.9 Å². The topological polar surface area (TPSA) is 57.0 Å². The van der Waals surface area contributed by atoms with E-state index in [0.717, 1.165) is 40.5 Å². The Morgan fingerprint density at radius 3 is 2.62 bits per heavy atom. The number of ketones is 1. The molecule has 0 N–H and O–H groups in total. The summed E-state index contributed by atoms with van der Waals surface area (Å²) in [6.07, 6.45) is 10.8. The molecule has 0 amide bonds. The maximum absolute atomic E-state index is 14.2. The van der Waals surface area contributed by atoms with Crippen molar-refractivity contribution in [2.24, 2.45) is 58.2 Å². The van der Waals surface area contributed by atoms with Crippen molar-refractivity contribution in [1.82, 2.24) is 15.0 Å². The van der Waals surface area contributed by atoms with E-state index in [9.17, 15) is 4.79 Å². The number of hydrogen-bond donors (Lipinski definition) is 0. The van der Waals surface area contributed by atoms with E-state index in [-0.39, 0.29) is 11.3 Å². The van der Waals surface area contributed by atoms with Gasteiger partial charge in [-0.1, -0.05) is 46.3 Å². The van der Waals surface area contributed by atoms with Gasteiger partial charge in [-0.3, -0.25) is 4.79 Å². The Morgan fingerprint density at radius 2 is 1.86 bits per heavy atom. The third-order valence-electron chi connectivity index (χ3n) is 12.3. The fourth-order valence-electron chi connectivity index (χ4n) is 10.3. The molecule has 4 fully saturated rings. The van der Waals surface area contributed by atoms with Gasteiger partial charge in [0.15, 0.2) is 5.78 Å². The first-order valence-electron chi connectivity index (χ1n) is 15.1. The molecule has 0 saturated heterocycles. The second kappa shape index (κ2) is 9.09. The van der Waals surface area contributed by atoms with Crippen molar-refractivity contribution < 1.29 is 9.53 Å². The minimum atomic E-state index is 0.109. The van der Waals surface area contributed by atoms with Crippen LogP contribution in [0.2, 0.25) is 0 Å². The number of aromatic nitrogens is 3. The number of carbonyl (C=O) groups is 1. The number of fused-ring (bicyclic) bond motifs is 6. The maximum Gasteiger partial charge on any atom is 0.158 e. The van der Waals surface area contributed by atoms with Gasteiger partial charge in [0.1, 0.15) is 17.8 Å². The van der Waals surface area contributed by atoms with Gasteiger partial charge in [0.25, 0.3) is 0 Å². The Hall–Kier alpha value is -1.91. The minimum Gasteiger partial charge on any atom is -0.497 e. The number of Topliss-reactive ketones (excluding diaryl/α,β-unsaturated/α-hetero) is 1. The Morgan fingerprint density at radius 1 is 1.08 bits per heavy atom. The predicted molar refractivity (Wildman–Crippen MR) is 147 cm³/mol. The Balaban J connectivity index is 1.28. The highest BCUT2D eigenvalue weighted by atomic mass is 16.5. The average Bonchev–Trinajstić information content (AvgIpc) is 3.42. The van der Waals surface area contributed by atoms with Crippen molar-refractivity contribution in [3.05, 3.63) is 18.2 Å². The first-order chi connectivity index (χ1) is 17.7. The molecule has 37 heavy (non-hydrogen) atoms. The van der Waals surface area contributed by atoms with Gasteiger partial charge in [-0.15, -0.1) is 5.10 Å². The van der Waals surface area contributed by atoms with E-state index in [1.54, 1.807) is 7.11 Å². The van der Waals surface area contributed by atoms with Crippen molar-refractivity contribution >= 4 is 16.8 Å². The summed E-state index contributed by atoms with van der Waals surface area (Å²) in [4.78, 5) is 14.2. The molecule has 5 unspecified atom stereocenters. The Labute approximate surface area is 223 Å². The quantitative estimate of drug-likeness (QED) is 0.432. The summed E-state index contributed by atoms with van der Waals surface area (Å²) in [5.74, 6) is 6.40. The van der Waals surface area contributed by atoms with Crippen LogP contribution >= 0.6 is 0 Å². The van der Waals surface area contributed by atoms with Gasteiger partial charge in [0.2, 0.25) is 0 Å². The van der Waals surface area contributed by atoms with Crippen molar-refractivity contribution in [2.45, 2.75) is 92.5 Å². The Kier molecular flexibility index (Phi) is 6.23. The molecule has 9 atom stereocenters. The van der Waals surface area contributed by atoms with Gasteiger partial charge in [-0.2, -0.15) is 0 Å². The summed E-state index contributed by atoms with van der Waals surface area (Å²) < 4.78 is 7.18. The van der Waals surface area contributed by atoms with E-state index in [0.29, 0.717) is 35.5 Å². The van der Waals surface area contributed by atoms with Crippen LogP contribution in [0.5, 0.6) is 5.75 Å². The summed E-state index contributed by atoms with van der Waals surface area (Å²) >= 11 is 0. The molecule has 1 aromatic heterocycles. The summed E-state index contributed by atoms with van der Waals surface area (Å²) in [7, 11) is 1.66. The second-order valence-corrected chi connectivity index (χ2v) is 14.3. The highest BCUT2D eigenvalue weighted by Gasteiger charge is 2.63. The van der Waals surface area contributed by atoms with Crippen LogP contribution in [0.15, 0.2) is 18.2 Å². The van der Waals surface area contributed by atoms with Crippen LogP contribution in [-0.2, 0) is 11.3 Å².